The molecule has 0 amide bonds. The van der Waals surface area contributed by atoms with E-state index in [-0.39, 0.29) is 6.04 Å². The first kappa shape index (κ1) is 16.8. The number of benzene rings is 1. The molecule has 4 nitrogen and oxygen atoms in total. The predicted octanol–water partition coefficient (Wildman–Crippen LogP) is 3.00. The second kappa shape index (κ2) is 8.18. The van der Waals surface area contributed by atoms with E-state index in [4.69, 9.17) is 0 Å². The number of guanidine groups is 1. The highest BCUT2D eigenvalue weighted by Crippen LogP contribution is 2.28. The molecule has 0 heterocycles. The number of nitrogens with zero attached hydrogens (tertiary/aromatic N) is 1. The van der Waals surface area contributed by atoms with E-state index in [0.717, 1.165) is 38.2 Å². The van der Waals surface area contributed by atoms with Gasteiger partial charge in [0.2, 0.25) is 0 Å². The normalized spacial score (nSPS) is 19.5. The summed E-state index contributed by atoms with van der Waals surface area (Å²) in [5, 5.41) is 17.3. The minimum atomic E-state index is -0.614. The molecule has 1 unspecified atom stereocenters. The highest BCUT2D eigenvalue weighted by molar-refractivity contribution is 5.80. The number of aliphatic hydroxyl groups is 1. The number of hydrogen-bond donors (Lipinski definition) is 3. The van der Waals surface area contributed by atoms with Crippen LogP contribution in [0.5, 0.6) is 0 Å². The second-order valence-electron chi connectivity index (χ2n) is 6.26. The van der Waals surface area contributed by atoms with Crippen molar-refractivity contribution in [1.82, 2.24) is 10.6 Å². The van der Waals surface area contributed by atoms with Crippen molar-refractivity contribution in [2.24, 2.45) is 4.99 Å². The first-order chi connectivity index (χ1) is 10.6. The van der Waals surface area contributed by atoms with Crippen molar-refractivity contribution in [1.29, 1.82) is 0 Å². The lowest BCUT2D eigenvalue weighted by Crippen LogP contribution is -2.41. The SMILES string of the molecule is CCNC(=NCC1(O)CCCCC1)NC(C)c1ccccc1. The first-order valence-corrected chi connectivity index (χ1v) is 8.45. The molecule has 3 N–H and O–H groups in total. The molecule has 0 bridgehead atoms. The summed E-state index contributed by atoms with van der Waals surface area (Å²) in [6, 6.07) is 10.5. The standard InChI is InChI=1S/C18H29N3O/c1-3-19-17(20-14-18(22)12-8-5-9-13-18)21-15(2)16-10-6-4-7-11-16/h4,6-7,10-11,15,22H,3,5,8-9,12-14H2,1-2H3,(H2,19,20,21). The van der Waals surface area contributed by atoms with Crippen molar-refractivity contribution in [2.45, 2.75) is 57.6 Å². The van der Waals surface area contributed by atoms with Crippen LogP contribution in [0.3, 0.4) is 0 Å². The van der Waals surface area contributed by atoms with E-state index in [9.17, 15) is 5.11 Å². The van der Waals surface area contributed by atoms with Crippen LogP contribution in [-0.2, 0) is 0 Å². The monoisotopic (exact) mass is 303 g/mol. The highest BCUT2D eigenvalue weighted by atomic mass is 16.3. The van der Waals surface area contributed by atoms with Gasteiger partial charge < -0.3 is 15.7 Å². The lowest BCUT2D eigenvalue weighted by atomic mass is 9.85. The zero-order chi connectivity index (χ0) is 15.8. The minimum absolute atomic E-state index is 0.181. The van der Waals surface area contributed by atoms with Crippen LogP contribution in [0.1, 0.15) is 57.6 Å². The second-order valence-corrected chi connectivity index (χ2v) is 6.26. The van der Waals surface area contributed by atoms with Gasteiger partial charge in [0.25, 0.3) is 0 Å². The molecular formula is C18H29N3O. The summed E-state index contributed by atoms with van der Waals surface area (Å²) in [4.78, 5) is 4.62. The molecule has 1 atom stereocenters. The van der Waals surface area contributed by atoms with Crippen LogP contribution in [-0.4, -0.2) is 29.8 Å². The molecule has 122 valence electrons. The summed E-state index contributed by atoms with van der Waals surface area (Å²) in [5.41, 5.74) is 0.612. The first-order valence-electron chi connectivity index (χ1n) is 8.45. The molecular weight excluding hydrogens is 274 g/mol. The molecule has 2 rings (SSSR count). The number of nitrogens with one attached hydrogen (secondary N) is 2. The molecule has 1 aliphatic rings. The molecule has 1 aromatic carbocycles. The number of aliphatic imine (C=N–C) groups is 1. The van der Waals surface area contributed by atoms with Gasteiger partial charge in [-0.25, -0.2) is 0 Å². The summed E-state index contributed by atoms with van der Waals surface area (Å²) in [6.07, 6.45) is 5.18. The van der Waals surface area contributed by atoms with Crippen LogP contribution in [0, 0.1) is 0 Å². The molecule has 1 fully saturated rings. The van der Waals surface area contributed by atoms with Crippen molar-refractivity contribution >= 4 is 5.96 Å². The van der Waals surface area contributed by atoms with Gasteiger partial charge in [-0.05, 0) is 32.3 Å². The Bertz CT molecular complexity index is 466. The van der Waals surface area contributed by atoms with Crippen LogP contribution in [0.15, 0.2) is 35.3 Å². The molecule has 1 aromatic rings. The Morgan fingerprint density at radius 2 is 1.91 bits per heavy atom. The molecule has 0 spiro atoms. The average Bonchev–Trinajstić information content (AvgIpc) is 2.54. The zero-order valence-corrected chi connectivity index (χ0v) is 13.8. The van der Waals surface area contributed by atoms with Crippen molar-refractivity contribution in [3.05, 3.63) is 35.9 Å². The smallest absolute Gasteiger partial charge is 0.191 e. The lowest BCUT2D eigenvalue weighted by molar-refractivity contribution is 0.0131. The van der Waals surface area contributed by atoms with Gasteiger partial charge in [0, 0.05) is 6.54 Å². The lowest BCUT2D eigenvalue weighted by Gasteiger charge is -2.30. The van der Waals surface area contributed by atoms with Crippen molar-refractivity contribution < 1.29 is 5.11 Å². The van der Waals surface area contributed by atoms with Crippen LogP contribution < -0.4 is 10.6 Å². The predicted molar refractivity (Wildman–Crippen MR) is 92.0 cm³/mol. The zero-order valence-electron chi connectivity index (χ0n) is 13.8. The molecule has 1 aliphatic carbocycles. The minimum Gasteiger partial charge on any atom is -0.388 e. The van der Waals surface area contributed by atoms with Crippen LogP contribution in [0.4, 0.5) is 0 Å². The third-order valence-corrected chi connectivity index (χ3v) is 4.31. The summed E-state index contributed by atoms with van der Waals surface area (Å²) < 4.78 is 0. The van der Waals surface area contributed by atoms with Gasteiger partial charge in [-0.1, -0.05) is 49.6 Å². The number of rotatable bonds is 5. The Kier molecular flexibility index (Phi) is 6.25. The van der Waals surface area contributed by atoms with Crippen LogP contribution >= 0.6 is 0 Å². The molecule has 22 heavy (non-hydrogen) atoms. The van der Waals surface area contributed by atoms with Gasteiger partial charge >= 0.3 is 0 Å². The van der Waals surface area contributed by atoms with Gasteiger partial charge in [0.05, 0.1) is 18.2 Å². The maximum atomic E-state index is 10.6. The number of hydrogen-bond acceptors (Lipinski definition) is 2. The van der Waals surface area contributed by atoms with Gasteiger partial charge in [-0.3, -0.25) is 4.99 Å². The van der Waals surface area contributed by atoms with Crippen molar-refractivity contribution in [3.63, 3.8) is 0 Å². The summed E-state index contributed by atoms with van der Waals surface area (Å²) in [7, 11) is 0. The van der Waals surface area contributed by atoms with E-state index in [1.54, 1.807) is 0 Å². The third-order valence-electron chi connectivity index (χ3n) is 4.31. The average molecular weight is 303 g/mol. The third kappa shape index (κ3) is 5.02. The van der Waals surface area contributed by atoms with Gasteiger partial charge in [-0.2, -0.15) is 0 Å². The van der Waals surface area contributed by atoms with Gasteiger partial charge in [0.1, 0.15) is 0 Å². The van der Waals surface area contributed by atoms with Crippen LogP contribution in [0.2, 0.25) is 0 Å². The Balaban J connectivity index is 1.97. The van der Waals surface area contributed by atoms with E-state index >= 15 is 0 Å². The van der Waals surface area contributed by atoms with E-state index in [1.807, 2.05) is 18.2 Å². The summed E-state index contributed by atoms with van der Waals surface area (Å²) >= 11 is 0. The summed E-state index contributed by atoms with van der Waals surface area (Å²) in [6.45, 7) is 5.47. The van der Waals surface area contributed by atoms with E-state index in [0.29, 0.717) is 6.54 Å². The fraction of sp³-hybridized carbons (Fsp3) is 0.611. The highest BCUT2D eigenvalue weighted by Gasteiger charge is 2.28. The Morgan fingerprint density at radius 1 is 1.23 bits per heavy atom. The Labute approximate surface area is 134 Å². The van der Waals surface area contributed by atoms with E-state index < -0.39 is 5.60 Å². The molecule has 1 saturated carbocycles. The van der Waals surface area contributed by atoms with Gasteiger partial charge in [0.15, 0.2) is 5.96 Å². The quantitative estimate of drug-likeness (QED) is 0.579. The van der Waals surface area contributed by atoms with Gasteiger partial charge in [-0.15, -0.1) is 0 Å². The van der Waals surface area contributed by atoms with Crippen molar-refractivity contribution in [3.8, 4) is 0 Å². The fourth-order valence-electron chi connectivity index (χ4n) is 2.94. The molecule has 0 aromatic heterocycles. The Morgan fingerprint density at radius 3 is 2.55 bits per heavy atom. The largest absolute Gasteiger partial charge is 0.388 e. The summed E-state index contributed by atoms with van der Waals surface area (Å²) in [5.74, 6) is 0.776. The molecule has 0 saturated heterocycles. The van der Waals surface area contributed by atoms with Crippen LogP contribution in [0.25, 0.3) is 0 Å². The van der Waals surface area contributed by atoms with E-state index in [2.05, 4.69) is 41.6 Å². The fourth-order valence-corrected chi connectivity index (χ4v) is 2.94. The molecule has 4 heteroatoms. The van der Waals surface area contributed by atoms with Crippen molar-refractivity contribution in [2.75, 3.05) is 13.1 Å². The maximum absolute atomic E-state index is 10.6. The Hall–Kier alpha value is -1.55. The topological polar surface area (TPSA) is 56.7 Å². The maximum Gasteiger partial charge on any atom is 0.191 e. The molecule has 0 radical (unpaired) electrons. The van der Waals surface area contributed by atoms with E-state index in [1.165, 1.54) is 12.0 Å². The molecule has 0 aliphatic heterocycles.